The molecule has 17 heavy (non-hydrogen) atoms. The van der Waals surface area contributed by atoms with Gasteiger partial charge in [0.2, 0.25) is 5.78 Å². The molecule has 0 unspecified atom stereocenters. The minimum atomic E-state index is -1.42. The quantitative estimate of drug-likeness (QED) is 0.327. The number of fused-ring (bicyclic) bond motifs is 2. The number of rotatable bonds is 4. The van der Waals surface area contributed by atoms with Gasteiger partial charge in [0.1, 0.15) is 0 Å². The second kappa shape index (κ2) is 4.18. The van der Waals surface area contributed by atoms with Gasteiger partial charge in [0, 0.05) is 0 Å². The van der Waals surface area contributed by atoms with E-state index in [4.69, 9.17) is 11.6 Å². The number of ketones is 3. The van der Waals surface area contributed by atoms with Crippen LogP contribution in [-0.2, 0) is 19.2 Å². The highest BCUT2D eigenvalue weighted by molar-refractivity contribution is 6.95. The van der Waals surface area contributed by atoms with Crippen molar-refractivity contribution in [1.82, 2.24) is 0 Å². The molecule has 0 saturated heterocycles. The summed E-state index contributed by atoms with van der Waals surface area (Å²) >= 11 is 4.93. The van der Waals surface area contributed by atoms with Gasteiger partial charge in [-0.2, -0.15) is 0 Å². The molecule has 3 aliphatic carbocycles. The first-order valence-corrected chi connectivity index (χ1v) is 5.86. The highest BCUT2D eigenvalue weighted by atomic mass is 35.5. The molecule has 0 atom stereocenters. The van der Waals surface area contributed by atoms with Crippen LogP contribution in [0.1, 0.15) is 25.7 Å². The molecule has 3 rings (SSSR count). The SMILES string of the molecule is O=C(Cl)C(=O)C(=O)C(=O)C12C=CC(CC1)CC2. The number of hydrogen-bond donors (Lipinski definition) is 0. The van der Waals surface area contributed by atoms with Crippen LogP contribution in [-0.4, -0.2) is 22.6 Å². The van der Waals surface area contributed by atoms with Crippen molar-refractivity contribution in [1.29, 1.82) is 0 Å². The maximum Gasteiger partial charge on any atom is 0.296 e. The molecule has 0 aliphatic heterocycles. The van der Waals surface area contributed by atoms with Gasteiger partial charge in [0.05, 0.1) is 5.41 Å². The Bertz CT molecular complexity index is 441. The van der Waals surface area contributed by atoms with Crippen LogP contribution >= 0.6 is 11.6 Å². The summed E-state index contributed by atoms with van der Waals surface area (Å²) in [6.45, 7) is 0. The molecule has 0 aromatic rings. The van der Waals surface area contributed by atoms with Gasteiger partial charge in [0.15, 0.2) is 0 Å². The zero-order chi connectivity index (χ0) is 12.6. The van der Waals surface area contributed by atoms with Gasteiger partial charge in [-0.3, -0.25) is 19.2 Å². The smallest absolute Gasteiger partial charge is 0.289 e. The number of Topliss-reactive ketones (excluding diaryl/α,β-unsaturated/α-hetero) is 3. The van der Waals surface area contributed by atoms with Crippen LogP contribution in [0.3, 0.4) is 0 Å². The van der Waals surface area contributed by atoms with E-state index in [-0.39, 0.29) is 0 Å². The van der Waals surface area contributed by atoms with Crippen LogP contribution in [0.2, 0.25) is 0 Å². The normalized spacial score (nSPS) is 30.1. The lowest BCUT2D eigenvalue weighted by Gasteiger charge is -2.39. The standard InChI is InChI=1S/C12H11ClO4/c13-11(17)9(15)8(14)10(16)12-4-1-7(2-5-12)3-6-12/h1,4,7H,2-3,5-6H2. The summed E-state index contributed by atoms with van der Waals surface area (Å²) in [6, 6.07) is 0. The second-order valence-corrected chi connectivity index (χ2v) is 4.96. The minimum Gasteiger partial charge on any atom is -0.289 e. The van der Waals surface area contributed by atoms with Gasteiger partial charge in [-0.05, 0) is 43.2 Å². The zero-order valence-electron chi connectivity index (χ0n) is 9.07. The van der Waals surface area contributed by atoms with Gasteiger partial charge in [-0.25, -0.2) is 0 Å². The van der Waals surface area contributed by atoms with Crippen molar-refractivity contribution in [2.24, 2.45) is 11.3 Å². The number of carbonyl (C=O) groups is 4. The van der Waals surface area contributed by atoms with E-state index in [1.54, 1.807) is 6.08 Å². The summed E-state index contributed by atoms with van der Waals surface area (Å²) in [7, 11) is 0. The Hall–Kier alpha value is -1.29. The van der Waals surface area contributed by atoms with Crippen LogP contribution < -0.4 is 0 Å². The maximum absolute atomic E-state index is 12.0. The topological polar surface area (TPSA) is 68.3 Å². The third kappa shape index (κ3) is 1.97. The first kappa shape index (κ1) is 12.2. The number of allylic oxidation sites excluding steroid dienone is 2. The van der Waals surface area contributed by atoms with E-state index in [2.05, 4.69) is 0 Å². The van der Waals surface area contributed by atoms with Crippen molar-refractivity contribution in [3.63, 3.8) is 0 Å². The Kier molecular flexibility index (Phi) is 3.00. The molecule has 90 valence electrons. The molecule has 3 aliphatic rings. The van der Waals surface area contributed by atoms with Crippen LogP contribution in [0.5, 0.6) is 0 Å². The Labute approximate surface area is 103 Å². The summed E-state index contributed by atoms with van der Waals surface area (Å²) in [5.74, 6) is -3.02. The molecule has 0 heterocycles. The lowest BCUT2D eigenvalue weighted by atomic mass is 9.62. The van der Waals surface area contributed by atoms with Gasteiger partial charge in [-0.1, -0.05) is 12.2 Å². The van der Waals surface area contributed by atoms with Crippen molar-refractivity contribution in [3.05, 3.63) is 12.2 Å². The van der Waals surface area contributed by atoms with E-state index in [0.29, 0.717) is 18.8 Å². The molecule has 5 heteroatoms. The van der Waals surface area contributed by atoms with E-state index in [1.807, 2.05) is 6.08 Å². The second-order valence-electron chi connectivity index (χ2n) is 4.61. The average molecular weight is 255 g/mol. The van der Waals surface area contributed by atoms with Crippen LogP contribution in [0.25, 0.3) is 0 Å². The Balaban J connectivity index is 2.23. The summed E-state index contributed by atoms with van der Waals surface area (Å²) in [5.41, 5.74) is -0.867. The van der Waals surface area contributed by atoms with Crippen molar-refractivity contribution in [2.75, 3.05) is 0 Å². The zero-order valence-corrected chi connectivity index (χ0v) is 9.83. The molecule has 0 aromatic heterocycles. The van der Waals surface area contributed by atoms with Crippen molar-refractivity contribution in [3.8, 4) is 0 Å². The molecule has 0 spiro atoms. The summed E-state index contributed by atoms with van der Waals surface area (Å²) in [4.78, 5) is 45.2. The van der Waals surface area contributed by atoms with Crippen LogP contribution in [0.4, 0.5) is 0 Å². The number of carbonyl (C=O) groups excluding carboxylic acids is 4. The lowest BCUT2D eigenvalue weighted by Crippen LogP contribution is -2.44. The average Bonchev–Trinajstić information content (AvgIpc) is 2.38. The number of halogens is 1. The maximum atomic E-state index is 12.0. The third-order valence-electron chi connectivity index (χ3n) is 3.65. The molecule has 0 aromatic carbocycles. The van der Waals surface area contributed by atoms with Crippen molar-refractivity contribution in [2.45, 2.75) is 25.7 Å². The number of hydrogen-bond acceptors (Lipinski definition) is 4. The van der Waals surface area contributed by atoms with Crippen molar-refractivity contribution < 1.29 is 19.2 Å². The highest BCUT2D eigenvalue weighted by Crippen LogP contribution is 2.46. The first-order valence-electron chi connectivity index (χ1n) is 5.48. The van der Waals surface area contributed by atoms with Gasteiger partial charge >= 0.3 is 0 Å². The van der Waals surface area contributed by atoms with Gasteiger partial charge in [-0.15, -0.1) is 0 Å². The van der Waals surface area contributed by atoms with Gasteiger partial charge in [0.25, 0.3) is 16.8 Å². The first-order chi connectivity index (χ1) is 7.96. The van der Waals surface area contributed by atoms with Crippen molar-refractivity contribution >= 4 is 34.2 Å². The summed E-state index contributed by atoms with van der Waals surface area (Å²) in [5, 5.41) is -1.40. The fraction of sp³-hybridized carbons (Fsp3) is 0.500. The van der Waals surface area contributed by atoms with E-state index < -0.39 is 28.0 Å². The molecule has 2 bridgehead atoms. The molecule has 0 N–H and O–H groups in total. The van der Waals surface area contributed by atoms with E-state index >= 15 is 0 Å². The largest absolute Gasteiger partial charge is 0.296 e. The summed E-state index contributed by atoms with van der Waals surface area (Å²) < 4.78 is 0. The van der Waals surface area contributed by atoms with E-state index in [9.17, 15) is 19.2 Å². The fourth-order valence-electron chi connectivity index (χ4n) is 2.56. The predicted octanol–water partition coefficient (Wildman–Crippen LogP) is 1.21. The van der Waals surface area contributed by atoms with Crippen LogP contribution in [0.15, 0.2) is 12.2 Å². The molecule has 1 saturated carbocycles. The highest BCUT2D eigenvalue weighted by Gasteiger charge is 2.47. The fourth-order valence-corrected chi connectivity index (χ4v) is 2.64. The van der Waals surface area contributed by atoms with Gasteiger partial charge < -0.3 is 0 Å². The molecule has 1 fully saturated rings. The molecular weight excluding hydrogens is 244 g/mol. The molecular formula is C12H11ClO4. The van der Waals surface area contributed by atoms with Crippen LogP contribution in [0, 0.1) is 11.3 Å². The molecule has 4 nitrogen and oxygen atoms in total. The Morgan fingerprint density at radius 2 is 1.65 bits per heavy atom. The molecule has 0 amide bonds. The predicted molar refractivity (Wildman–Crippen MR) is 59.4 cm³/mol. The Morgan fingerprint density at radius 3 is 2.06 bits per heavy atom. The Morgan fingerprint density at radius 1 is 1.06 bits per heavy atom. The minimum absolute atomic E-state index is 0.477. The monoisotopic (exact) mass is 254 g/mol. The summed E-state index contributed by atoms with van der Waals surface area (Å²) in [6.07, 6.45) is 6.48. The molecule has 0 radical (unpaired) electrons. The van der Waals surface area contributed by atoms with E-state index in [1.165, 1.54) is 0 Å². The van der Waals surface area contributed by atoms with E-state index in [0.717, 1.165) is 12.8 Å². The lowest BCUT2D eigenvalue weighted by molar-refractivity contribution is -0.150. The third-order valence-corrected chi connectivity index (χ3v) is 3.82.